The average molecular weight is 254 g/mol. The number of aromatic nitrogens is 2. The molecule has 0 aliphatic rings. The molecule has 0 bridgehead atoms. The van der Waals surface area contributed by atoms with Gasteiger partial charge in [0.25, 0.3) is 0 Å². The molecule has 98 valence electrons. The van der Waals surface area contributed by atoms with Crippen molar-refractivity contribution < 1.29 is 19.8 Å². The van der Waals surface area contributed by atoms with Gasteiger partial charge in [0.05, 0.1) is 12.2 Å². The van der Waals surface area contributed by atoms with Gasteiger partial charge in [0, 0.05) is 19.2 Å². The lowest BCUT2D eigenvalue weighted by Crippen LogP contribution is -2.46. The lowest BCUT2D eigenvalue weighted by atomic mass is 10.2. The van der Waals surface area contributed by atoms with Gasteiger partial charge < -0.3 is 20.8 Å². The molecule has 0 saturated carbocycles. The molecule has 18 heavy (non-hydrogen) atoms. The molecule has 0 aliphatic heterocycles. The van der Waals surface area contributed by atoms with Crippen molar-refractivity contribution in [2.24, 2.45) is 0 Å². The Morgan fingerprint density at radius 3 is 2.78 bits per heavy atom. The number of nitrogens with one attached hydrogen (secondary N) is 2. The predicted octanol–water partition coefficient (Wildman–Crippen LogP) is -0.889. The zero-order chi connectivity index (χ0) is 13.4. The molecule has 1 aromatic heterocycles. The SMILES string of the molecule is O=C(NCc1cccnn1)NC(CCO)C(=O)O. The van der Waals surface area contributed by atoms with E-state index in [2.05, 4.69) is 20.8 Å². The number of aliphatic carboxylic acids is 1. The van der Waals surface area contributed by atoms with Gasteiger partial charge in [-0.15, -0.1) is 0 Å². The van der Waals surface area contributed by atoms with Gasteiger partial charge in [0.2, 0.25) is 0 Å². The highest BCUT2D eigenvalue weighted by Gasteiger charge is 2.18. The first-order valence-corrected chi connectivity index (χ1v) is 5.28. The minimum absolute atomic E-state index is 0.0477. The van der Waals surface area contributed by atoms with Crippen LogP contribution in [0.5, 0.6) is 0 Å². The highest BCUT2D eigenvalue weighted by molar-refractivity contribution is 5.82. The molecule has 1 rings (SSSR count). The smallest absolute Gasteiger partial charge is 0.326 e. The molecule has 1 unspecified atom stereocenters. The van der Waals surface area contributed by atoms with E-state index < -0.39 is 18.0 Å². The van der Waals surface area contributed by atoms with Gasteiger partial charge in [-0.1, -0.05) is 0 Å². The predicted molar refractivity (Wildman–Crippen MR) is 60.5 cm³/mol. The Bertz CT molecular complexity index is 398. The van der Waals surface area contributed by atoms with Gasteiger partial charge in [-0.2, -0.15) is 10.2 Å². The number of hydrogen-bond acceptors (Lipinski definition) is 5. The maximum Gasteiger partial charge on any atom is 0.326 e. The Hall–Kier alpha value is -2.22. The van der Waals surface area contributed by atoms with Crippen molar-refractivity contribution in [3.8, 4) is 0 Å². The topological polar surface area (TPSA) is 124 Å². The molecular weight excluding hydrogens is 240 g/mol. The van der Waals surface area contributed by atoms with Crippen LogP contribution in [-0.2, 0) is 11.3 Å². The van der Waals surface area contributed by atoms with Gasteiger partial charge in [0.15, 0.2) is 0 Å². The Morgan fingerprint density at radius 1 is 1.44 bits per heavy atom. The highest BCUT2D eigenvalue weighted by Crippen LogP contribution is 1.93. The third-order valence-electron chi connectivity index (χ3n) is 2.08. The fourth-order valence-corrected chi connectivity index (χ4v) is 1.19. The van der Waals surface area contributed by atoms with Crippen molar-refractivity contribution >= 4 is 12.0 Å². The summed E-state index contributed by atoms with van der Waals surface area (Å²) in [6.45, 7) is -0.174. The van der Waals surface area contributed by atoms with Crippen molar-refractivity contribution in [3.05, 3.63) is 24.0 Å². The minimum Gasteiger partial charge on any atom is -0.480 e. The third-order valence-corrected chi connectivity index (χ3v) is 2.08. The second-order valence-electron chi connectivity index (χ2n) is 3.45. The zero-order valence-corrected chi connectivity index (χ0v) is 9.54. The molecule has 2 amide bonds. The minimum atomic E-state index is -1.20. The summed E-state index contributed by atoms with van der Waals surface area (Å²) < 4.78 is 0. The van der Waals surface area contributed by atoms with Crippen molar-refractivity contribution in [2.75, 3.05) is 6.61 Å². The molecule has 1 atom stereocenters. The van der Waals surface area contributed by atoms with E-state index >= 15 is 0 Å². The van der Waals surface area contributed by atoms with Gasteiger partial charge in [-0.05, 0) is 12.1 Å². The number of urea groups is 1. The maximum atomic E-state index is 11.4. The van der Waals surface area contributed by atoms with E-state index in [-0.39, 0.29) is 19.6 Å². The summed E-state index contributed by atoms with van der Waals surface area (Å²) >= 11 is 0. The summed E-state index contributed by atoms with van der Waals surface area (Å²) in [5.41, 5.74) is 0.557. The van der Waals surface area contributed by atoms with Crippen LogP contribution in [0.2, 0.25) is 0 Å². The first-order chi connectivity index (χ1) is 8.63. The first kappa shape index (κ1) is 13.8. The molecule has 8 heteroatoms. The fourth-order valence-electron chi connectivity index (χ4n) is 1.19. The maximum absolute atomic E-state index is 11.4. The van der Waals surface area contributed by atoms with Crippen molar-refractivity contribution in [1.29, 1.82) is 0 Å². The van der Waals surface area contributed by atoms with Gasteiger partial charge in [-0.25, -0.2) is 9.59 Å². The van der Waals surface area contributed by atoms with E-state index in [4.69, 9.17) is 10.2 Å². The number of hydrogen-bond donors (Lipinski definition) is 4. The summed E-state index contributed by atoms with van der Waals surface area (Å²) in [6, 6.07) is 1.60. The molecule has 0 spiro atoms. The number of carbonyl (C=O) groups excluding carboxylic acids is 1. The number of nitrogens with zero attached hydrogens (tertiary/aromatic N) is 2. The van der Waals surface area contributed by atoms with Crippen molar-refractivity contribution in [3.63, 3.8) is 0 Å². The molecular formula is C10H14N4O4. The Morgan fingerprint density at radius 2 is 2.22 bits per heavy atom. The number of aliphatic hydroxyl groups is 1. The van der Waals surface area contributed by atoms with E-state index in [0.717, 1.165) is 0 Å². The van der Waals surface area contributed by atoms with Crippen LogP contribution < -0.4 is 10.6 Å². The lowest BCUT2D eigenvalue weighted by molar-refractivity contribution is -0.139. The molecule has 4 N–H and O–H groups in total. The molecule has 0 aromatic carbocycles. The van der Waals surface area contributed by atoms with Gasteiger partial charge in [-0.3, -0.25) is 0 Å². The van der Waals surface area contributed by atoms with Crippen LogP contribution in [0.1, 0.15) is 12.1 Å². The molecule has 8 nitrogen and oxygen atoms in total. The fraction of sp³-hybridized carbons (Fsp3) is 0.400. The average Bonchev–Trinajstić information content (AvgIpc) is 2.37. The Balaban J connectivity index is 2.39. The van der Waals surface area contributed by atoms with E-state index in [0.29, 0.717) is 5.69 Å². The van der Waals surface area contributed by atoms with Crippen LogP contribution in [0.3, 0.4) is 0 Å². The molecule has 0 fully saturated rings. The number of amides is 2. The number of carbonyl (C=O) groups is 2. The highest BCUT2D eigenvalue weighted by atomic mass is 16.4. The second-order valence-corrected chi connectivity index (χ2v) is 3.45. The summed E-state index contributed by atoms with van der Waals surface area (Å²) in [5, 5.41) is 29.5. The van der Waals surface area contributed by atoms with Crippen LogP contribution in [-0.4, -0.2) is 45.1 Å². The number of carboxylic acids is 1. The monoisotopic (exact) mass is 254 g/mol. The Labute approximate surface area is 103 Å². The van der Waals surface area contributed by atoms with Crippen LogP contribution in [0.25, 0.3) is 0 Å². The zero-order valence-electron chi connectivity index (χ0n) is 9.54. The summed E-state index contributed by atoms with van der Waals surface area (Å²) in [6.07, 6.45) is 1.46. The van der Waals surface area contributed by atoms with E-state index in [1.54, 1.807) is 12.1 Å². The van der Waals surface area contributed by atoms with Crippen LogP contribution in [0, 0.1) is 0 Å². The second kappa shape index (κ2) is 7.17. The largest absolute Gasteiger partial charge is 0.480 e. The number of aliphatic hydroxyl groups excluding tert-OH is 1. The van der Waals surface area contributed by atoms with Gasteiger partial charge in [0.1, 0.15) is 6.04 Å². The first-order valence-electron chi connectivity index (χ1n) is 5.28. The van der Waals surface area contributed by atoms with Crippen LogP contribution in [0.15, 0.2) is 18.3 Å². The Kier molecular flexibility index (Phi) is 5.52. The molecule has 1 aromatic rings. The standard InChI is InChI=1S/C10H14N4O4/c15-5-3-8(9(16)17)13-10(18)11-6-7-2-1-4-12-14-7/h1-2,4,8,15H,3,5-6H2,(H,16,17)(H2,11,13,18). The van der Waals surface area contributed by atoms with Crippen LogP contribution in [0.4, 0.5) is 4.79 Å². The van der Waals surface area contributed by atoms with Crippen molar-refractivity contribution in [2.45, 2.75) is 19.0 Å². The quantitative estimate of drug-likeness (QED) is 0.522. The summed E-state index contributed by atoms with van der Waals surface area (Å²) in [4.78, 5) is 22.1. The molecule has 0 saturated heterocycles. The molecule has 0 aliphatic carbocycles. The summed E-state index contributed by atoms with van der Waals surface area (Å²) in [7, 11) is 0. The van der Waals surface area contributed by atoms with Gasteiger partial charge >= 0.3 is 12.0 Å². The number of carboxylic acid groups (broad SMARTS) is 1. The lowest BCUT2D eigenvalue weighted by Gasteiger charge is -2.13. The van der Waals surface area contributed by atoms with E-state index in [1.807, 2.05) is 0 Å². The van der Waals surface area contributed by atoms with Crippen LogP contribution >= 0.6 is 0 Å². The van der Waals surface area contributed by atoms with E-state index in [1.165, 1.54) is 6.20 Å². The summed E-state index contributed by atoms with van der Waals surface area (Å²) in [5.74, 6) is -1.20. The molecule has 1 heterocycles. The third kappa shape index (κ3) is 4.74. The normalized spacial score (nSPS) is 11.6. The molecule has 0 radical (unpaired) electrons. The van der Waals surface area contributed by atoms with E-state index in [9.17, 15) is 9.59 Å². The number of rotatable bonds is 6. The van der Waals surface area contributed by atoms with Crippen molar-refractivity contribution in [1.82, 2.24) is 20.8 Å².